The maximum atomic E-state index is 12.3. The highest BCUT2D eigenvalue weighted by Gasteiger charge is 2.26. The van der Waals surface area contributed by atoms with Gasteiger partial charge in [-0.3, -0.25) is 18.5 Å². The molecule has 11 heteroatoms. The van der Waals surface area contributed by atoms with E-state index in [1.54, 1.807) is 11.6 Å². The number of nitrogens with one attached hydrogen (secondary N) is 1. The lowest BCUT2D eigenvalue weighted by atomic mass is 10.0. The Kier molecular flexibility index (Phi) is 8.14. The van der Waals surface area contributed by atoms with E-state index in [4.69, 9.17) is 5.21 Å². The zero-order chi connectivity index (χ0) is 23.1. The van der Waals surface area contributed by atoms with Gasteiger partial charge in [0.2, 0.25) is 0 Å². The molecular formula is C21H22F2N3O5S-. The van der Waals surface area contributed by atoms with Crippen LogP contribution in [0.5, 0.6) is 5.75 Å². The van der Waals surface area contributed by atoms with Crippen LogP contribution in [0.4, 0.5) is 20.2 Å². The second kappa shape index (κ2) is 11.0. The molecule has 1 fully saturated rings. The van der Waals surface area contributed by atoms with E-state index in [-0.39, 0.29) is 11.8 Å². The van der Waals surface area contributed by atoms with Gasteiger partial charge < -0.3 is 14.2 Å². The number of anilines is 2. The molecule has 1 atom stereocenters. The van der Waals surface area contributed by atoms with E-state index in [1.165, 1.54) is 34.6 Å². The molecule has 2 aromatic rings. The van der Waals surface area contributed by atoms with Crippen molar-refractivity contribution >= 4 is 34.6 Å². The molecule has 1 aliphatic rings. The Morgan fingerprint density at radius 3 is 2.47 bits per heavy atom. The third-order valence-electron chi connectivity index (χ3n) is 5.08. The van der Waals surface area contributed by atoms with Crippen molar-refractivity contribution in [1.82, 2.24) is 5.48 Å². The number of nitrogens with zero attached hydrogens (tertiary/aromatic N) is 2. The Morgan fingerprint density at radius 1 is 1.22 bits per heavy atom. The lowest BCUT2D eigenvalue weighted by Gasteiger charge is -2.41. The molecule has 0 aliphatic carbocycles. The van der Waals surface area contributed by atoms with E-state index in [2.05, 4.69) is 9.64 Å². The summed E-state index contributed by atoms with van der Waals surface area (Å²) in [5.74, 6) is -0.688. The summed E-state index contributed by atoms with van der Waals surface area (Å²) in [6.45, 7) is -1.81. The van der Waals surface area contributed by atoms with E-state index in [9.17, 15) is 22.3 Å². The van der Waals surface area contributed by atoms with Crippen molar-refractivity contribution in [2.45, 2.75) is 25.5 Å². The molecule has 0 bridgehead atoms. The molecule has 1 aliphatic heterocycles. The van der Waals surface area contributed by atoms with Crippen LogP contribution in [0.15, 0.2) is 54.6 Å². The highest BCUT2D eigenvalue weighted by molar-refractivity contribution is 7.80. The number of rotatable bonds is 8. The summed E-state index contributed by atoms with van der Waals surface area (Å²) >= 11 is -2.54. The smallest absolute Gasteiger partial charge is 0.387 e. The predicted molar refractivity (Wildman–Crippen MR) is 115 cm³/mol. The van der Waals surface area contributed by atoms with Gasteiger partial charge in [-0.1, -0.05) is 18.2 Å². The van der Waals surface area contributed by atoms with Crippen LogP contribution in [0.1, 0.15) is 18.4 Å². The van der Waals surface area contributed by atoms with Crippen molar-refractivity contribution < 1.29 is 32.3 Å². The highest BCUT2D eigenvalue weighted by atomic mass is 32.2. The fraction of sp³-hybridized carbons (Fsp3) is 0.286. The third-order valence-corrected chi connectivity index (χ3v) is 5.91. The first kappa shape index (κ1) is 23.6. The lowest BCUT2D eigenvalue weighted by Crippen LogP contribution is -2.46. The number of carbonyl (C=O) groups is 1. The van der Waals surface area contributed by atoms with Gasteiger partial charge in [0.25, 0.3) is 5.91 Å². The van der Waals surface area contributed by atoms with Crippen molar-refractivity contribution in [3.63, 3.8) is 0 Å². The number of halogens is 2. The summed E-state index contributed by atoms with van der Waals surface area (Å²) in [7, 11) is 0. The van der Waals surface area contributed by atoms with E-state index in [0.29, 0.717) is 31.6 Å². The minimum atomic E-state index is -2.95. The van der Waals surface area contributed by atoms with Gasteiger partial charge in [0.15, 0.2) is 0 Å². The van der Waals surface area contributed by atoms with Crippen LogP contribution in [-0.4, -0.2) is 45.6 Å². The molecule has 0 aromatic heterocycles. The Balaban J connectivity index is 1.71. The number of amides is 1. The van der Waals surface area contributed by atoms with Crippen LogP contribution in [0.2, 0.25) is 0 Å². The van der Waals surface area contributed by atoms with Crippen molar-refractivity contribution in [2.24, 2.45) is 0 Å². The molecule has 1 heterocycles. The Bertz CT molecular complexity index is 966. The maximum Gasteiger partial charge on any atom is 0.387 e. The predicted octanol–water partition coefficient (Wildman–Crippen LogP) is 3.08. The van der Waals surface area contributed by atoms with Gasteiger partial charge in [0.05, 0.1) is 0 Å². The van der Waals surface area contributed by atoms with Crippen molar-refractivity contribution in [3.8, 4) is 5.75 Å². The number of hydrogen-bond donors (Lipinski definition) is 2. The molecule has 0 radical (unpaired) electrons. The Labute approximate surface area is 186 Å². The van der Waals surface area contributed by atoms with Gasteiger partial charge >= 0.3 is 6.61 Å². The van der Waals surface area contributed by atoms with Crippen LogP contribution >= 0.6 is 0 Å². The number of hydroxylamine groups is 1. The number of carbonyl (C=O) groups excluding carboxylic acids is 1. The number of piperidine rings is 1. The summed E-state index contributed by atoms with van der Waals surface area (Å²) < 4.78 is 54.1. The van der Waals surface area contributed by atoms with Gasteiger partial charge in [-0.2, -0.15) is 8.78 Å². The van der Waals surface area contributed by atoms with Crippen molar-refractivity contribution in [3.05, 3.63) is 60.2 Å². The molecule has 0 spiro atoms. The number of ether oxygens (including phenoxy) is 1. The molecule has 2 N–H and O–H groups in total. The van der Waals surface area contributed by atoms with Crippen LogP contribution in [-0.2, 0) is 16.1 Å². The lowest BCUT2D eigenvalue weighted by molar-refractivity contribution is -0.124. The van der Waals surface area contributed by atoms with Gasteiger partial charge in [0.1, 0.15) is 5.75 Å². The number of hydrogen-bond acceptors (Lipinski definition) is 6. The summed E-state index contributed by atoms with van der Waals surface area (Å²) in [6.07, 6.45) is 3.89. The summed E-state index contributed by atoms with van der Waals surface area (Å²) in [4.78, 5) is 13.4. The summed E-state index contributed by atoms with van der Waals surface area (Å²) in [5.41, 5.74) is 3.59. The highest BCUT2D eigenvalue weighted by Crippen LogP contribution is 2.30. The number of para-hydroxylation sites is 1. The largest absolute Gasteiger partial charge is 0.755 e. The average molecular weight is 466 g/mol. The molecule has 1 amide bonds. The molecule has 8 nitrogen and oxygen atoms in total. The molecule has 2 aromatic carbocycles. The first-order valence-electron chi connectivity index (χ1n) is 9.78. The Morgan fingerprint density at radius 2 is 1.88 bits per heavy atom. The van der Waals surface area contributed by atoms with E-state index >= 15 is 0 Å². The van der Waals surface area contributed by atoms with Crippen LogP contribution in [0.25, 0.3) is 6.08 Å². The first-order chi connectivity index (χ1) is 15.4. The maximum absolute atomic E-state index is 12.3. The third kappa shape index (κ3) is 6.02. The normalized spacial score (nSPS) is 15.7. The quantitative estimate of drug-likeness (QED) is 0.268. The molecule has 3 rings (SSSR count). The SMILES string of the molecule is O=C(/C=C/c1ccccc1N1CCC(N(c2ccc(OC(F)F)cc2)S(=O)[O-])CC1)NO. The number of alkyl halides is 2. The fourth-order valence-electron chi connectivity index (χ4n) is 3.65. The van der Waals surface area contributed by atoms with E-state index in [1.807, 2.05) is 24.3 Å². The van der Waals surface area contributed by atoms with Crippen LogP contribution < -0.4 is 19.4 Å². The Hall–Kier alpha value is -3.02. The van der Waals surface area contributed by atoms with Crippen LogP contribution in [0.3, 0.4) is 0 Å². The zero-order valence-electron chi connectivity index (χ0n) is 16.9. The van der Waals surface area contributed by atoms with Crippen molar-refractivity contribution in [1.29, 1.82) is 0 Å². The zero-order valence-corrected chi connectivity index (χ0v) is 17.7. The molecule has 1 unspecified atom stereocenters. The fourth-order valence-corrected chi connectivity index (χ4v) is 4.40. The van der Waals surface area contributed by atoms with E-state index in [0.717, 1.165) is 11.3 Å². The minimum absolute atomic E-state index is 0.0465. The molecule has 32 heavy (non-hydrogen) atoms. The molecular weight excluding hydrogens is 444 g/mol. The van der Waals surface area contributed by atoms with Crippen molar-refractivity contribution in [2.75, 3.05) is 22.3 Å². The van der Waals surface area contributed by atoms with Crippen LogP contribution in [0, 0.1) is 0 Å². The second-order valence-electron chi connectivity index (χ2n) is 7.00. The average Bonchev–Trinajstić information content (AvgIpc) is 2.79. The van der Waals surface area contributed by atoms with E-state index < -0.39 is 23.8 Å². The summed E-state index contributed by atoms with van der Waals surface area (Å²) in [5, 5.41) is 8.65. The van der Waals surface area contributed by atoms with Gasteiger partial charge in [-0.25, -0.2) is 5.48 Å². The molecule has 172 valence electrons. The standard InChI is InChI=1S/C21H23F2N3O5S/c22-21(23)31-18-8-6-16(7-9-18)26(32(29)30)17-11-13-25(14-12-17)19-4-2-1-3-15(19)5-10-20(27)24-28/h1-10,17,21,28H,11-14H2,(H,24,27)(H,29,30)/p-1/b10-5+. The monoisotopic (exact) mass is 466 g/mol. The van der Waals surface area contributed by atoms with Gasteiger partial charge in [-0.15, -0.1) is 0 Å². The van der Waals surface area contributed by atoms with Gasteiger partial charge in [-0.05, 0) is 54.8 Å². The number of benzene rings is 2. The summed E-state index contributed by atoms with van der Waals surface area (Å²) in [6, 6.07) is 12.6. The second-order valence-corrected chi connectivity index (χ2v) is 7.83. The minimum Gasteiger partial charge on any atom is -0.755 e. The molecule has 1 saturated heterocycles. The topological polar surface area (TPSA) is 105 Å². The first-order valence-corrected chi connectivity index (χ1v) is 10.8. The van der Waals surface area contributed by atoms with Gasteiger partial charge in [0, 0.05) is 47.8 Å². The molecule has 0 saturated carbocycles.